The zero-order chi connectivity index (χ0) is 21.7. The Morgan fingerprint density at radius 1 is 1.27 bits per heavy atom. The number of hydrogen-bond acceptors (Lipinski definition) is 6. The topological polar surface area (TPSA) is 84.3 Å². The molecule has 8 heteroatoms. The molecule has 0 aliphatic carbocycles. The summed E-state index contributed by atoms with van der Waals surface area (Å²) in [5, 5.41) is 6.15. The average Bonchev–Trinajstić information content (AvgIpc) is 2.74. The van der Waals surface area contributed by atoms with Gasteiger partial charge in [0, 0.05) is 23.2 Å². The highest BCUT2D eigenvalue weighted by molar-refractivity contribution is 6.30. The number of carbonyl (C=O) groups is 1. The van der Waals surface area contributed by atoms with E-state index in [0.29, 0.717) is 40.9 Å². The van der Waals surface area contributed by atoms with Gasteiger partial charge in [-0.2, -0.15) is 0 Å². The molecule has 30 heavy (non-hydrogen) atoms. The highest BCUT2D eigenvalue weighted by atomic mass is 35.5. The molecule has 3 rings (SSSR count). The minimum atomic E-state index is -0.614. The van der Waals surface area contributed by atoms with Crippen LogP contribution in [0.25, 0.3) is 11.4 Å². The molecule has 6 nitrogen and oxygen atoms in total. The fraction of sp³-hybridized carbons (Fsp3) is 0.136. The van der Waals surface area contributed by atoms with Crippen LogP contribution in [0.2, 0.25) is 5.02 Å². The molecule has 1 N–H and O–H groups in total. The summed E-state index contributed by atoms with van der Waals surface area (Å²) in [6.45, 7) is 5.97. The number of benzene rings is 2. The normalized spacial score (nSPS) is 10.5. The molecule has 0 aliphatic heterocycles. The number of aromatic nitrogens is 2. The lowest BCUT2D eigenvalue weighted by molar-refractivity contribution is 0.111. The number of allylic oxidation sites excluding steroid dienone is 1. The van der Waals surface area contributed by atoms with Gasteiger partial charge in [0.15, 0.2) is 12.1 Å². The largest absolute Gasteiger partial charge is 0.366 e. The minimum Gasteiger partial charge on any atom is -0.366 e. The summed E-state index contributed by atoms with van der Waals surface area (Å²) in [5.41, 5.74) is 2.88. The number of halogens is 2. The lowest BCUT2D eigenvalue weighted by Crippen LogP contribution is -2.11. The second kappa shape index (κ2) is 9.37. The Morgan fingerprint density at radius 2 is 2.03 bits per heavy atom. The van der Waals surface area contributed by atoms with Crippen LogP contribution < -0.4 is 5.32 Å². The maximum absolute atomic E-state index is 13.9. The number of hydrogen-bond donors (Lipinski definition) is 1. The van der Waals surface area contributed by atoms with Gasteiger partial charge in [-0.3, -0.25) is 4.79 Å². The third kappa shape index (κ3) is 4.75. The van der Waals surface area contributed by atoms with Crippen LogP contribution in [0.15, 0.2) is 59.8 Å². The van der Waals surface area contributed by atoms with E-state index in [1.54, 1.807) is 30.3 Å². The fourth-order valence-electron chi connectivity index (χ4n) is 2.91. The van der Waals surface area contributed by atoms with Crippen molar-refractivity contribution < 1.29 is 9.18 Å². The van der Waals surface area contributed by atoms with Crippen LogP contribution in [0.4, 0.5) is 15.9 Å². The van der Waals surface area contributed by atoms with Crippen molar-refractivity contribution in [3.8, 4) is 11.4 Å². The van der Waals surface area contributed by atoms with Gasteiger partial charge in [-0.1, -0.05) is 42.0 Å². The maximum atomic E-state index is 13.9. The van der Waals surface area contributed by atoms with Crippen molar-refractivity contribution in [1.82, 2.24) is 9.97 Å². The number of carbonyl (C=O) groups excluding carboxylic acids is 1. The smallest absolute Gasteiger partial charge is 0.168 e. The van der Waals surface area contributed by atoms with Crippen LogP contribution in [-0.4, -0.2) is 16.3 Å². The molecule has 0 amide bonds. The molecule has 0 saturated heterocycles. The van der Waals surface area contributed by atoms with Crippen LogP contribution in [0, 0.1) is 10.7 Å². The molecular formula is C22H18ClFN4O2. The lowest BCUT2D eigenvalue weighted by atomic mass is 10.1. The van der Waals surface area contributed by atoms with Crippen molar-refractivity contribution in [3.05, 3.63) is 87.2 Å². The van der Waals surface area contributed by atoms with E-state index in [0.717, 1.165) is 5.57 Å². The summed E-state index contributed by atoms with van der Waals surface area (Å²) in [4.78, 5) is 31.6. The third-order valence-electron chi connectivity index (χ3n) is 4.34. The monoisotopic (exact) mass is 424 g/mol. The predicted molar refractivity (Wildman–Crippen MR) is 116 cm³/mol. The summed E-state index contributed by atoms with van der Waals surface area (Å²) in [6, 6.07) is 11.1. The Balaban J connectivity index is 2.07. The Morgan fingerprint density at radius 3 is 2.70 bits per heavy atom. The summed E-state index contributed by atoms with van der Waals surface area (Å²) >= 11 is 5.76. The van der Waals surface area contributed by atoms with Gasteiger partial charge in [0.1, 0.15) is 23.0 Å². The van der Waals surface area contributed by atoms with Crippen molar-refractivity contribution in [2.24, 2.45) is 5.18 Å². The van der Waals surface area contributed by atoms with Crippen LogP contribution in [0.5, 0.6) is 0 Å². The second-order valence-corrected chi connectivity index (χ2v) is 7.12. The summed E-state index contributed by atoms with van der Waals surface area (Å²) in [7, 11) is 0. The maximum Gasteiger partial charge on any atom is 0.168 e. The molecule has 3 aromatic rings. The molecule has 1 aromatic heterocycles. The van der Waals surface area contributed by atoms with E-state index in [4.69, 9.17) is 11.6 Å². The molecule has 0 atom stereocenters. The highest BCUT2D eigenvalue weighted by Gasteiger charge is 2.17. The van der Waals surface area contributed by atoms with Gasteiger partial charge in [-0.05, 0) is 42.8 Å². The molecule has 152 valence electrons. The van der Waals surface area contributed by atoms with Gasteiger partial charge in [-0.25, -0.2) is 14.4 Å². The summed E-state index contributed by atoms with van der Waals surface area (Å²) < 4.78 is 13.9. The predicted octanol–water partition coefficient (Wildman–Crippen LogP) is 5.88. The van der Waals surface area contributed by atoms with Gasteiger partial charge in [0.05, 0.1) is 5.02 Å². The molecule has 0 bridgehead atoms. The SMILES string of the molecule is C=C(C)Cc1c(C=O)nc(-c2ccc(Cl)c(F)c2)nc1NCc1ccccc1N=O. The first-order valence-electron chi connectivity index (χ1n) is 9.04. The summed E-state index contributed by atoms with van der Waals surface area (Å²) in [6.07, 6.45) is 1.00. The van der Waals surface area contributed by atoms with E-state index >= 15 is 0 Å². The third-order valence-corrected chi connectivity index (χ3v) is 4.65. The molecule has 0 spiro atoms. The van der Waals surface area contributed by atoms with Gasteiger partial charge in [-0.15, -0.1) is 4.91 Å². The van der Waals surface area contributed by atoms with Crippen molar-refractivity contribution >= 4 is 29.4 Å². The first-order valence-corrected chi connectivity index (χ1v) is 9.41. The molecular weight excluding hydrogens is 407 g/mol. The Bertz CT molecular complexity index is 1130. The van der Waals surface area contributed by atoms with E-state index in [1.165, 1.54) is 12.1 Å². The van der Waals surface area contributed by atoms with Gasteiger partial charge in [0.2, 0.25) is 0 Å². The van der Waals surface area contributed by atoms with Crippen molar-refractivity contribution in [3.63, 3.8) is 0 Å². The number of nitroso groups, excluding NO2 is 1. The van der Waals surface area contributed by atoms with Gasteiger partial charge >= 0.3 is 0 Å². The molecule has 2 aromatic carbocycles. The van der Waals surface area contributed by atoms with Crippen molar-refractivity contribution in [1.29, 1.82) is 0 Å². The fourth-order valence-corrected chi connectivity index (χ4v) is 3.03. The Labute approximate surface area is 177 Å². The quantitative estimate of drug-likeness (QED) is 0.277. The van der Waals surface area contributed by atoms with Crippen molar-refractivity contribution in [2.75, 3.05) is 5.32 Å². The Hall–Kier alpha value is -3.45. The first kappa shape index (κ1) is 21.3. The summed E-state index contributed by atoms with van der Waals surface area (Å²) in [5.74, 6) is -0.0551. The molecule has 0 fully saturated rings. The zero-order valence-electron chi connectivity index (χ0n) is 16.2. The molecule has 0 unspecified atom stereocenters. The molecule has 1 heterocycles. The highest BCUT2D eigenvalue weighted by Crippen LogP contribution is 2.27. The molecule has 0 saturated carbocycles. The van der Waals surface area contributed by atoms with Gasteiger partial charge < -0.3 is 5.32 Å². The first-order chi connectivity index (χ1) is 14.4. The van der Waals surface area contributed by atoms with Crippen LogP contribution in [0.3, 0.4) is 0 Å². The number of rotatable bonds is 8. The van der Waals surface area contributed by atoms with E-state index in [2.05, 4.69) is 27.0 Å². The van der Waals surface area contributed by atoms with E-state index in [1.807, 2.05) is 6.92 Å². The Kier molecular flexibility index (Phi) is 6.64. The molecule has 0 aliphatic rings. The number of aldehydes is 1. The second-order valence-electron chi connectivity index (χ2n) is 6.71. The molecule has 0 radical (unpaired) electrons. The number of nitrogens with zero attached hydrogens (tertiary/aromatic N) is 3. The zero-order valence-corrected chi connectivity index (χ0v) is 16.9. The van der Waals surface area contributed by atoms with Crippen LogP contribution in [-0.2, 0) is 13.0 Å². The van der Waals surface area contributed by atoms with Gasteiger partial charge in [0.25, 0.3) is 0 Å². The van der Waals surface area contributed by atoms with E-state index in [-0.39, 0.29) is 23.1 Å². The van der Waals surface area contributed by atoms with E-state index < -0.39 is 5.82 Å². The standard InChI is InChI=1S/C22H18ClFN4O2/c1-13(2)9-16-20(12-29)26-21(14-7-8-17(23)18(24)10-14)27-22(16)25-11-15-5-3-4-6-19(15)28-30/h3-8,10,12H,1,9,11H2,2H3,(H,25,26,27). The van der Waals surface area contributed by atoms with Crippen LogP contribution in [0.1, 0.15) is 28.5 Å². The van der Waals surface area contributed by atoms with Crippen LogP contribution >= 0.6 is 11.6 Å². The number of anilines is 1. The van der Waals surface area contributed by atoms with Crippen molar-refractivity contribution in [2.45, 2.75) is 19.9 Å². The lowest BCUT2D eigenvalue weighted by Gasteiger charge is -2.15. The number of nitrogens with one attached hydrogen (secondary N) is 1. The minimum absolute atomic E-state index is 0.0235. The van der Waals surface area contributed by atoms with E-state index in [9.17, 15) is 14.1 Å². The average molecular weight is 425 g/mol.